The van der Waals surface area contributed by atoms with Gasteiger partial charge in [0.15, 0.2) is 0 Å². The highest BCUT2D eigenvalue weighted by Crippen LogP contribution is 2.25. The summed E-state index contributed by atoms with van der Waals surface area (Å²) in [4.78, 5) is 8.84. The highest BCUT2D eigenvalue weighted by molar-refractivity contribution is 7.09. The van der Waals surface area contributed by atoms with Crippen molar-refractivity contribution in [3.63, 3.8) is 0 Å². The van der Waals surface area contributed by atoms with E-state index in [-0.39, 0.29) is 12.0 Å². The number of rotatable bonds is 4. The topological polar surface area (TPSA) is 55.2 Å². The molecule has 0 aliphatic heterocycles. The van der Waals surface area contributed by atoms with Crippen LogP contribution in [0.3, 0.4) is 0 Å². The van der Waals surface area contributed by atoms with Crippen LogP contribution in [0.5, 0.6) is 5.75 Å². The van der Waals surface area contributed by atoms with Gasteiger partial charge < -0.3 is 9.84 Å². The number of hydrogen-bond donors (Lipinski definition) is 1. The van der Waals surface area contributed by atoms with Crippen molar-refractivity contribution in [1.82, 2.24) is 9.97 Å². The predicted molar refractivity (Wildman–Crippen MR) is 80.0 cm³/mol. The van der Waals surface area contributed by atoms with E-state index in [4.69, 9.17) is 4.74 Å². The number of aliphatic hydroxyl groups is 1. The summed E-state index contributed by atoms with van der Waals surface area (Å²) in [6, 6.07) is 3.71. The molecule has 20 heavy (non-hydrogen) atoms. The van der Waals surface area contributed by atoms with Crippen LogP contribution < -0.4 is 4.74 Å². The SMILES string of the molecule is Cc1ccc(OCc2nc(C(C)(C)C)cs2)c(CO)n1. The van der Waals surface area contributed by atoms with Crippen molar-refractivity contribution in [2.75, 3.05) is 0 Å². The molecule has 1 N–H and O–H groups in total. The molecule has 4 nitrogen and oxygen atoms in total. The summed E-state index contributed by atoms with van der Waals surface area (Å²) in [7, 11) is 0. The molecular weight excluding hydrogens is 272 g/mol. The lowest BCUT2D eigenvalue weighted by atomic mass is 9.93. The van der Waals surface area contributed by atoms with Gasteiger partial charge >= 0.3 is 0 Å². The van der Waals surface area contributed by atoms with Gasteiger partial charge in [-0.05, 0) is 19.1 Å². The van der Waals surface area contributed by atoms with E-state index in [0.717, 1.165) is 16.4 Å². The van der Waals surface area contributed by atoms with Gasteiger partial charge in [-0.15, -0.1) is 11.3 Å². The molecule has 0 aromatic carbocycles. The maximum Gasteiger partial charge on any atom is 0.143 e. The minimum Gasteiger partial charge on any atom is -0.484 e. The van der Waals surface area contributed by atoms with E-state index < -0.39 is 0 Å². The summed E-state index contributed by atoms with van der Waals surface area (Å²) < 4.78 is 5.72. The van der Waals surface area contributed by atoms with Crippen molar-refractivity contribution in [3.8, 4) is 5.75 Å². The van der Waals surface area contributed by atoms with E-state index in [1.54, 1.807) is 11.3 Å². The second-order valence-electron chi connectivity index (χ2n) is 5.72. The Morgan fingerprint density at radius 2 is 2.00 bits per heavy atom. The molecule has 0 atom stereocenters. The van der Waals surface area contributed by atoms with Crippen LogP contribution >= 0.6 is 11.3 Å². The number of ether oxygens (including phenoxy) is 1. The van der Waals surface area contributed by atoms with Crippen LogP contribution in [0, 0.1) is 6.92 Å². The van der Waals surface area contributed by atoms with Crippen molar-refractivity contribution in [1.29, 1.82) is 0 Å². The van der Waals surface area contributed by atoms with E-state index in [9.17, 15) is 5.11 Å². The van der Waals surface area contributed by atoms with Crippen molar-refractivity contribution in [3.05, 3.63) is 39.6 Å². The van der Waals surface area contributed by atoms with Gasteiger partial charge in [-0.1, -0.05) is 20.8 Å². The molecule has 108 valence electrons. The molecule has 0 bridgehead atoms. The van der Waals surface area contributed by atoms with Gasteiger partial charge in [0.1, 0.15) is 23.1 Å². The largest absolute Gasteiger partial charge is 0.484 e. The Kier molecular flexibility index (Phi) is 4.40. The van der Waals surface area contributed by atoms with Gasteiger partial charge in [-0.25, -0.2) is 4.98 Å². The zero-order valence-electron chi connectivity index (χ0n) is 12.3. The van der Waals surface area contributed by atoms with Crippen LogP contribution in [0.25, 0.3) is 0 Å². The lowest BCUT2D eigenvalue weighted by Gasteiger charge is -2.14. The normalized spacial score (nSPS) is 11.7. The molecule has 0 unspecified atom stereocenters. The van der Waals surface area contributed by atoms with Gasteiger partial charge in [0.2, 0.25) is 0 Å². The van der Waals surface area contributed by atoms with E-state index in [1.165, 1.54) is 0 Å². The molecule has 0 aliphatic rings. The third-order valence-corrected chi connectivity index (χ3v) is 3.72. The fraction of sp³-hybridized carbons (Fsp3) is 0.467. The molecule has 2 aromatic heterocycles. The fourth-order valence-corrected chi connectivity index (χ4v) is 2.64. The third-order valence-electron chi connectivity index (χ3n) is 2.89. The molecule has 0 fully saturated rings. The molecule has 2 aromatic rings. The summed E-state index contributed by atoms with van der Waals surface area (Å²) in [5.74, 6) is 0.616. The Labute approximate surface area is 123 Å². The summed E-state index contributed by atoms with van der Waals surface area (Å²) in [5, 5.41) is 12.3. The van der Waals surface area contributed by atoms with Crippen LogP contribution in [-0.2, 0) is 18.6 Å². The fourth-order valence-electron chi connectivity index (χ4n) is 1.70. The quantitative estimate of drug-likeness (QED) is 0.940. The number of aromatic nitrogens is 2. The van der Waals surface area contributed by atoms with Crippen molar-refractivity contribution >= 4 is 11.3 Å². The number of aliphatic hydroxyl groups excluding tert-OH is 1. The number of pyridine rings is 1. The van der Waals surface area contributed by atoms with Gasteiger partial charge in [-0.2, -0.15) is 0 Å². The number of aryl methyl sites for hydroxylation is 1. The van der Waals surface area contributed by atoms with E-state index >= 15 is 0 Å². The predicted octanol–water partition coefficient (Wildman–Crippen LogP) is 3.22. The lowest BCUT2D eigenvalue weighted by molar-refractivity contribution is 0.253. The van der Waals surface area contributed by atoms with Crippen LogP contribution in [0.1, 0.15) is 42.9 Å². The first-order valence-electron chi connectivity index (χ1n) is 6.55. The lowest BCUT2D eigenvalue weighted by Crippen LogP contribution is -2.11. The van der Waals surface area contributed by atoms with E-state index in [2.05, 4.69) is 36.1 Å². The van der Waals surface area contributed by atoms with E-state index in [0.29, 0.717) is 18.1 Å². The minimum atomic E-state index is -0.123. The van der Waals surface area contributed by atoms with E-state index in [1.807, 2.05) is 19.1 Å². The highest BCUT2D eigenvalue weighted by atomic mass is 32.1. The van der Waals surface area contributed by atoms with Crippen LogP contribution in [0.4, 0.5) is 0 Å². The summed E-state index contributed by atoms with van der Waals surface area (Å²) in [6.07, 6.45) is 0. The van der Waals surface area contributed by atoms with Gasteiger partial charge in [0.05, 0.1) is 12.3 Å². The molecular formula is C15H20N2O2S. The maximum absolute atomic E-state index is 9.30. The average Bonchev–Trinajstić information content (AvgIpc) is 2.86. The molecule has 2 rings (SSSR count). The summed E-state index contributed by atoms with van der Waals surface area (Å²) >= 11 is 1.59. The zero-order chi connectivity index (χ0) is 14.8. The summed E-state index contributed by atoms with van der Waals surface area (Å²) in [6.45, 7) is 8.58. The molecule has 0 saturated heterocycles. The summed E-state index contributed by atoms with van der Waals surface area (Å²) in [5.41, 5.74) is 2.56. The van der Waals surface area contributed by atoms with Gasteiger partial charge in [0, 0.05) is 16.5 Å². The number of nitrogens with zero attached hydrogens (tertiary/aromatic N) is 2. The van der Waals surface area contributed by atoms with Crippen LogP contribution in [-0.4, -0.2) is 15.1 Å². The minimum absolute atomic E-state index is 0.0520. The molecule has 0 radical (unpaired) electrons. The van der Waals surface area contributed by atoms with Crippen LogP contribution in [0.15, 0.2) is 17.5 Å². The first kappa shape index (κ1) is 14.9. The molecule has 0 amide bonds. The maximum atomic E-state index is 9.30. The second kappa shape index (κ2) is 5.89. The zero-order valence-corrected chi connectivity index (χ0v) is 13.1. The first-order valence-corrected chi connectivity index (χ1v) is 7.43. The first-order chi connectivity index (χ1) is 9.40. The van der Waals surface area contributed by atoms with Crippen LogP contribution in [0.2, 0.25) is 0 Å². The Bertz CT molecular complexity index is 588. The molecule has 0 spiro atoms. The molecule has 5 heteroatoms. The second-order valence-corrected chi connectivity index (χ2v) is 6.66. The smallest absolute Gasteiger partial charge is 0.143 e. The van der Waals surface area contributed by atoms with Gasteiger partial charge in [-0.3, -0.25) is 4.98 Å². The standard InChI is InChI=1S/C15H20N2O2S/c1-10-5-6-12(11(7-18)16-10)19-8-14-17-13(9-20-14)15(2,3)4/h5-6,9,18H,7-8H2,1-4H3. The van der Waals surface area contributed by atoms with Crippen molar-refractivity contribution in [2.45, 2.75) is 46.3 Å². The Balaban J connectivity index is 2.07. The van der Waals surface area contributed by atoms with Gasteiger partial charge in [0.25, 0.3) is 0 Å². The number of thiazole rings is 1. The molecule has 0 aliphatic carbocycles. The highest BCUT2D eigenvalue weighted by Gasteiger charge is 2.17. The molecule has 2 heterocycles. The Morgan fingerprint density at radius 1 is 1.25 bits per heavy atom. The van der Waals surface area contributed by atoms with Crippen molar-refractivity contribution in [2.24, 2.45) is 0 Å². The van der Waals surface area contributed by atoms with Crippen molar-refractivity contribution < 1.29 is 9.84 Å². The Morgan fingerprint density at radius 3 is 2.60 bits per heavy atom. The third kappa shape index (κ3) is 3.55. The molecule has 0 saturated carbocycles. The number of hydrogen-bond acceptors (Lipinski definition) is 5. The monoisotopic (exact) mass is 292 g/mol. The average molecular weight is 292 g/mol. The Hall–Kier alpha value is -1.46.